The van der Waals surface area contributed by atoms with Crippen molar-refractivity contribution >= 4 is 5.69 Å². The zero-order valence-electron chi connectivity index (χ0n) is 8.81. The van der Waals surface area contributed by atoms with E-state index in [1.54, 1.807) is 0 Å². The summed E-state index contributed by atoms with van der Waals surface area (Å²) in [4.78, 5) is 0. The molecule has 1 rings (SSSR count). The second-order valence-corrected chi connectivity index (χ2v) is 2.67. The van der Waals surface area contributed by atoms with E-state index >= 15 is 0 Å². The van der Waals surface area contributed by atoms with Crippen LogP contribution in [0.2, 0.25) is 0 Å². The lowest BCUT2D eigenvalue weighted by Crippen LogP contribution is -1.94. The summed E-state index contributed by atoms with van der Waals surface area (Å²) in [6, 6.07) is 3.84. The first-order valence-electron chi connectivity index (χ1n) is 4.48. The van der Waals surface area contributed by atoms with Crippen LogP contribution < -0.4 is 5.73 Å². The van der Waals surface area contributed by atoms with Crippen molar-refractivity contribution in [2.75, 3.05) is 5.73 Å². The van der Waals surface area contributed by atoms with Gasteiger partial charge >= 0.3 is 0 Å². The molecular weight excluding hydrogens is 158 g/mol. The highest BCUT2D eigenvalue weighted by Crippen LogP contribution is 2.17. The fraction of sp³-hybridized carbons (Fsp3) is 0.333. The van der Waals surface area contributed by atoms with Crippen molar-refractivity contribution in [1.82, 2.24) is 0 Å². The lowest BCUT2D eigenvalue weighted by Gasteiger charge is -2.04. The molecular formula is C12H17N. The second kappa shape index (κ2) is 5.27. The molecule has 0 aliphatic carbocycles. The average Bonchev–Trinajstić information content (AvgIpc) is 2.16. The molecule has 13 heavy (non-hydrogen) atoms. The number of hydrogen-bond donors (Lipinski definition) is 1. The Morgan fingerprint density at radius 2 is 1.54 bits per heavy atom. The van der Waals surface area contributed by atoms with E-state index in [9.17, 15) is 0 Å². The summed E-state index contributed by atoms with van der Waals surface area (Å²) >= 11 is 0. The largest absolute Gasteiger partial charge is 0.398 e. The summed E-state index contributed by atoms with van der Waals surface area (Å²) in [6.45, 7) is 7.92. The average molecular weight is 175 g/mol. The van der Waals surface area contributed by atoms with Gasteiger partial charge in [-0.25, -0.2) is 0 Å². The fourth-order valence-electron chi connectivity index (χ4n) is 1.06. The molecule has 0 fully saturated rings. The van der Waals surface area contributed by atoms with Gasteiger partial charge in [-0.2, -0.15) is 0 Å². The molecule has 0 aliphatic heterocycles. The Hall–Kier alpha value is -1.42. The van der Waals surface area contributed by atoms with Gasteiger partial charge < -0.3 is 5.73 Å². The zero-order chi connectivity index (χ0) is 10.4. The monoisotopic (exact) mass is 175 g/mol. The highest BCUT2D eigenvalue weighted by atomic mass is 14.6. The molecule has 2 N–H and O–H groups in total. The molecule has 1 heteroatoms. The van der Waals surface area contributed by atoms with Gasteiger partial charge in [0, 0.05) is 11.3 Å². The Balaban J connectivity index is 0.000000671. The van der Waals surface area contributed by atoms with Crippen LogP contribution in [-0.2, 0) is 0 Å². The first-order chi connectivity index (χ1) is 6.15. The third-order valence-corrected chi connectivity index (χ3v) is 1.76. The number of nitrogen functional groups attached to an aromatic ring is 1. The van der Waals surface area contributed by atoms with E-state index in [2.05, 4.69) is 5.92 Å². The molecule has 1 nitrogen and oxygen atoms in total. The molecule has 0 heterocycles. The highest BCUT2D eigenvalue weighted by Gasteiger charge is 1.98. The molecule has 0 spiro atoms. The van der Waals surface area contributed by atoms with E-state index in [4.69, 9.17) is 12.2 Å². The van der Waals surface area contributed by atoms with Crippen molar-refractivity contribution in [2.45, 2.75) is 27.7 Å². The van der Waals surface area contributed by atoms with E-state index in [1.165, 1.54) is 0 Å². The van der Waals surface area contributed by atoms with Crippen LogP contribution in [0.25, 0.3) is 0 Å². The molecule has 70 valence electrons. The molecule has 1 aromatic rings. The van der Waals surface area contributed by atoms with Gasteiger partial charge in [0.1, 0.15) is 0 Å². The maximum Gasteiger partial charge on any atom is 0.0374 e. The number of anilines is 1. The van der Waals surface area contributed by atoms with Crippen molar-refractivity contribution in [3.63, 3.8) is 0 Å². The maximum absolute atomic E-state index is 5.74. The van der Waals surface area contributed by atoms with Gasteiger partial charge in [0.25, 0.3) is 0 Å². The van der Waals surface area contributed by atoms with Crippen LogP contribution in [0, 0.1) is 26.2 Å². The molecule has 0 bridgehead atoms. The lowest BCUT2D eigenvalue weighted by atomic mass is 10.1. The number of benzene rings is 1. The molecule has 0 saturated heterocycles. The third kappa shape index (κ3) is 2.83. The molecule has 0 atom stereocenters. The maximum atomic E-state index is 5.74. The first-order valence-corrected chi connectivity index (χ1v) is 4.48. The SMILES string of the molecule is C#Cc1cc(C)c(N)c(C)c1.CC. The minimum Gasteiger partial charge on any atom is -0.398 e. The van der Waals surface area contributed by atoms with Crippen molar-refractivity contribution in [3.8, 4) is 12.3 Å². The molecule has 0 aromatic heterocycles. The number of rotatable bonds is 0. The van der Waals surface area contributed by atoms with Gasteiger partial charge in [0.2, 0.25) is 0 Å². The third-order valence-electron chi connectivity index (χ3n) is 1.76. The van der Waals surface area contributed by atoms with Crippen LogP contribution >= 0.6 is 0 Å². The lowest BCUT2D eigenvalue weighted by molar-refractivity contribution is 1.37. The van der Waals surface area contributed by atoms with Crippen LogP contribution in [-0.4, -0.2) is 0 Å². The van der Waals surface area contributed by atoms with Gasteiger partial charge in [0.15, 0.2) is 0 Å². The van der Waals surface area contributed by atoms with Crippen molar-refractivity contribution in [1.29, 1.82) is 0 Å². The van der Waals surface area contributed by atoms with Gasteiger partial charge in [0.05, 0.1) is 0 Å². The molecule has 1 aromatic carbocycles. The van der Waals surface area contributed by atoms with Crippen LogP contribution in [0.15, 0.2) is 12.1 Å². The highest BCUT2D eigenvalue weighted by molar-refractivity contribution is 5.56. The standard InChI is InChI=1S/C10H11N.C2H6/c1-4-9-5-7(2)10(11)8(3)6-9;1-2/h1,5-6H,11H2,2-3H3;1-2H3. The van der Waals surface area contributed by atoms with Gasteiger partial charge in [-0.15, -0.1) is 6.42 Å². The summed E-state index contributed by atoms with van der Waals surface area (Å²) in [6.07, 6.45) is 5.25. The quantitative estimate of drug-likeness (QED) is 0.476. The Morgan fingerprint density at radius 3 is 1.85 bits per heavy atom. The number of aryl methyl sites for hydroxylation is 2. The Morgan fingerprint density at radius 1 is 1.15 bits per heavy atom. The van der Waals surface area contributed by atoms with Crippen molar-refractivity contribution < 1.29 is 0 Å². The molecule has 0 amide bonds. The minimum absolute atomic E-state index is 0.837. The second-order valence-electron chi connectivity index (χ2n) is 2.67. The minimum atomic E-state index is 0.837. The normalized spacial score (nSPS) is 8.23. The van der Waals surface area contributed by atoms with E-state index in [0.717, 1.165) is 22.4 Å². The van der Waals surface area contributed by atoms with E-state index in [-0.39, 0.29) is 0 Å². The molecule has 0 unspecified atom stereocenters. The van der Waals surface area contributed by atoms with Gasteiger partial charge in [-0.05, 0) is 37.1 Å². The first kappa shape index (κ1) is 11.6. The van der Waals surface area contributed by atoms with Crippen LogP contribution in [0.1, 0.15) is 30.5 Å². The Bertz CT molecular complexity index is 295. The van der Waals surface area contributed by atoms with Crippen molar-refractivity contribution in [3.05, 3.63) is 28.8 Å². The fourth-order valence-corrected chi connectivity index (χ4v) is 1.06. The van der Waals surface area contributed by atoms with Crippen LogP contribution in [0.5, 0.6) is 0 Å². The van der Waals surface area contributed by atoms with Crippen LogP contribution in [0.4, 0.5) is 5.69 Å². The summed E-state index contributed by atoms with van der Waals surface area (Å²) in [5.74, 6) is 2.58. The summed E-state index contributed by atoms with van der Waals surface area (Å²) in [7, 11) is 0. The number of nitrogens with two attached hydrogens (primary N) is 1. The summed E-state index contributed by atoms with van der Waals surface area (Å²) in [5, 5.41) is 0. The van der Waals surface area contributed by atoms with E-state index < -0.39 is 0 Å². The Labute approximate surface area is 81.0 Å². The van der Waals surface area contributed by atoms with Crippen molar-refractivity contribution in [2.24, 2.45) is 0 Å². The van der Waals surface area contributed by atoms with Gasteiger partial charge in [-0.3, -0.25) is 0 Å². The predicted octanol–water partition coefficient (Wildman–Crippen LogP) is 2.89. The topological polar surface area (TPSA) is 26.0 Å². The Kier molecular flexibility index (Phi) is 4.69. The van der Waals surface area contributed by atoms with E-state index in [1.807, 2.05) is 39.8 Å². The summed E-state index contributed by atoms with van der Waals surface area (Å²) < 4.78 is 0. The molecule has 0 saturated carbocycles. The summed E-state index contributed by atoms with van der Waals surface area (Å²) in [5.41, 5.74) is 9.58. The molecule has 0 radical (unpaired) electrons. The van der Waals surface area contributed by atoms with E-state index in [0.29, 0.717) is 0 Å². The molecule has 0 aliphatic rings. The zero-order valence-corrected chi connectivity index (χ0v) is 8.81. The number of hydrogen-bond acceptors (Lipinski definition) is 1. The van der Waals surface area contributed by atoms with Gasteiger partial charge in [-0.1, -0.05) is 19.8 Å². The van der Waals surface area contributed by atoms with Crippen LogP contribution in [0.3, 0.4) is 0 Å². The predicted molar refractivity (Wildman–Crippen MR) is 59.6 cm³/mol. The number of terminal acetylenes is 1. The smallest absolute Gasteiger partial charge is 0.0374 e.